The summed E-state index contributed by atoms with van der Waals surface area (Å²) in [7, 11) is -3.81. The number of aryl methyl sites for hydroxylation is 1. The Hall–Kier alpha value is -2.64. The maximum absolute atomic E-state index is 13.0. The van der Waals surface area contributed by atoms with Crippen LogP contribution in [0, 0.1) is 6.92 Å². The van der Waals surface area contributed by atoms with Crippen LogP contribution in [-0.4, -0.2) is 18.6 Å². The molecule has 150 valence electrons. The van der Waals surface area contributed by atoms with E-state index in [9.17, 15) is 13.2 Å². The van der Waals surface area contributed by atoms with E-state index in [1.165, 1.54) is 0 Å². The molecule has 2 aromatic carbocycles. The maximum Gasteiger partial charge on any atom is 0.267 e. The number of rotatable bonds is 4. The molecule has 1 heterocycles. The number of aromatic amines is 1. The molecule has 0 saturated heterocycles. The van der Waals surface area contributed by atoms with E-state index in [4.69, 9.17) is 11.6 Å². The first-order valence-corrected chi connectivity index (χ1v) is 11.2. The number of hydrogen-bond acceptors (Lipinski definition) is 4. The Bertz CT molecular complexity index is 1240. The van der Waals surface area contributed by atoms with E-state index >= 15 is 0 Å². The number of aromatic nitrogens is 2. The Kier molecular flexibility index (Phi) is 5.19. The first-order chi connectivity index (χ1) is 13.8. The lowest BCUT2D eigenvalue weighted by Crippen LogP contribution is -2.21. The lowest BCUT2D eigenvalue weighted by molar-refractivity contribution is 0.600. The standard InChI is InChI=1S/C21H20ClN3O3S/c1-13-6-7-14(20-17-4-2-3-5-18(17)21(26)24-23-20)12-19(13)29(27,28)25-16-10-8-15(22)9-11-16/h6-12,25H,2-5H2,1H3,(H,24,26). The molecular weight excluding hydrogens is 410 g/mol. The van der Waals surface area contributed by atoms with E-state index in [2.05, 4.69) is 14.9 Å². The first-order valence-electron chi connectivity index (χ1n) is 9.35. The predicted molar refractivity (Wildman–Crippen MR) is 114 cm³/mol. The highest BCUT2D eigenvalue weighted by atomic mass is 35.5. The van der Waals surface area contributed by atoms with Gasteiger partial charge in [0.25, 0.3) is 15.6 Å². The number of nitrogens with zero attached hydrogens (tertiary/aromatic N) is 1. The molecule has 29 heavy (non-hydrogen) atoms. The van der Waals surface area contributed by atoms with E-state index < -0.39 is 10.0 Å². The molecule has 0 fully saturated rings. The molecule has 6 nitrogen and oxygen atoms in total. The normalized spacial score (nSPS) is 13.7. The average molecular weight is 430 g/mol. The van der Waals surface area contributed by atoms with Crippen LogP contribution in [0.4, 0.5) is 5.69 Å². The van der Waals surface area contributed by atoms with Gasteiger partial charge in [-0.3, -0.25) is 9.52 Å². The van der Waals surface area contributed by atoms with Crippen molar-refractivity contribution in [3.05, 3.63) is 74.5 Å². The van der Waals surface area contributed by atoms with E-state index in [1.54, 1.807) is 43.3 Å². The molecule has 1 aliphatic rings. The second-order valence-electron chi connectivity index (χ2n) is 7.16. The minimum atomic E-state index is -3.81. The SMILES string of the molecule is Cc1ccc(-c2n[nH]c(=O)c3c2CCCC3)cc1S(=O)(=O)Nc1ccc(Cl)cc1. The Morgan fingerprint density at radius 3 is 2.45 bits per heavy atom. The summed E-state index contributed by atoms with van der Waals surface area (Å²) >= 11 is 5.87. The van der Waals surface area contributed by atoms with Crippen LogP contribution in [0.5, 0.6) is 0 Å². The Morgan fingerprint density at radius 1 is 1.03 bits per heavy atom. The van der Waals surface area contributed by atoms with Gasteiger partial charge in [0.15, 0.2) is 0 Å². The summed E-state index contributed by atoms with van der Waals surface area (Å²) in [4.78, 5) is 12.3. The van der Waals surface area contributed by atoms with Crippen LogP contribution in [0.1, 0.15) is 29.5 Å². The van der Waals surface area contributed by atoms with Crippen molar-refractivity contribution in [2.75, 3.05) is 4.72 Å². The summed E-state index contributed by atoms with van der Waals surface area (Å²) in [6.45, 7) is 1.75. The number of fused-ring (bicyclic) bond motifs is 1. The highest BCUT2D eigenvalue weighted by molar-refractivity contribution is 7.92. The van der Waals surface area contributed by atoms with E-state index in [0.717, 1.165) is 36.8 Å². The Labute approximate surface area is 174 Å². The molecule has 0 spiro atoms. The highest BCUT2D eigenvalue weighted by Crippen LogP contribution is 2.30. The molecule has 1 aliphatic carbocycles. The lowest BCUT2D eigenvalue weighted by atomic mass is 9.90. The number of H-pyrrole nitrogens is 1. The van der Waals surface area contributed by atoms with Crippen LogP contribution in [-0.2, 0) is 22.9 Å². The molecule has 8 heteroatoms. The van der Waals surface area contributed by atoms with Crippen molar-refractivity contribution >= 4 is 27.3 Å². The molecular formula is C21H20ClN3O3S. The van der Waals surface area contributed by atoms with E-state index in [1.807, 2.05) is 6.07 Å². The quantitative estimate of drug-likeness (QED) is 0.653. The average Bonchev–Trinajstić information content (AvgIpc) is 2.71. The molecule has 0 atom stereocenters. The predicted octanol–water partition coefficient (Wildman–Crippen LogP) is 4.08. The van der Waals surface area contributed by atoms with Gasteiger partial charge in [-0.25, -0.2) is 13.5 Å². The van der Waals surface area contributed by atoms with Gasteiger partial charge in [-0.2, -0.15) is 5.10 Å². The monoisotopic (exact) mass is 429 g/mol. The second kappa shape index (κ2) is 7.65. The van der Waals surface area contributed by atoms with Gasteiger partial charge in [-0.1, -0.05) is 23.7 Å². The zero-order valence-electron chi connectivity index (χ0n) is 15.8. The van der Waals surface area contributed by atoms with Gasteiger partial charge in [0, 0.05) is 21.8 Å². The van der Waals surface area contributed by atoms with Gasteiger partial charge >= 0.3 is 0 Å². The second-order valence-corrected chi connectivity index (χ2v) is 9.25. The summed E-state index contributed by atoms with van der Waals surface area (Å²) < 4.78 is 28.6. The third kappa shape index (κ3) is 3.93. The summed E-state index contributed by atoms with van der Waals surface area (Å²) in [6.07, 6.45) is 3.44. The number of halogens is 1. The third-order valence-corrected chi connectivity index (χ3v) is 6.92. The van der Waals surface area contributed by atoms with Gasteiger partial charge in [0.1, 0.15) is 0 Å². The Morgan fingerprint density at radius 2 is 1.72 bits per heavy atom. The van der Waals surface area contributed by atoms with Gasteiger partial charge in [0.2, 0.25) is 0 Å². The van der Waals surface area contributed by atoms with Gasteiger partial charge < -0.3 is 0 Å². The van der Waals surface area contributed by atoms with Crippen LogP contribution < -0.4 is 10.3 Å². The van der Waals surface area contributed by atoms with Crippen LogP contribution >= 0.6 is 11.6 Å². The molecule has 1 aromatic heterocycles. The van der Waals surface area contributed by atoms with Crippen LogP contribution in [0.3, 0.4) is 0 Å². The molecule has 0 bridgehead atoms. The fourth-order valence-electron chi connectivity index (χ4n) is 3.66. The summed E-state index contributed by atoms with van der Waals surface area (Å²) in [5, 5.41) is 7.33. The molecule has 0 saturated carbocycles. The molecule has 0 unspecified atom stereocenters. The van der Waals surface area contributed by atoms with Crippen LogP contribution in [0.2, 0.25) is 5.02 Å². The largest absolute Gasteiger partial charge is 0.280 e. The van der Waals surface area contributed by atoms with Gasteiger partial charge in [0.05, 0.1) is 10.6 Å². The summed E-state index contributed by atoms with van der Waals surface area (Å²) in [5.74, 6) is 0. The molecule has 0 amide bonds. The van der Waals surface area contributed by atoms with Crippen LogP contribution in [0.25, 0.3) is 11.3 Å². The van der Waals surface area contributed by atoms with Crippen molar-refractivity contribution in [2.24, 2.45) is 0 Å². The van der Waals surface area contributed by atoms with E-state index in [0.29, 0.717) is 27.5 Å². The first kappa shape index (κ1) is 19.7. The van der Waals surface area contributed by atoms with E-state index in [-0.39, 0.29) is 10.5 Å². The summed E-state index contributed by atoms with van der Waals surface area (Å²) in [6, 6.07) is 11.7. The number of anilines is 1. The van der Waals surface area contributed by atoms with Crippen molar-refractivity contribution in [1.29, 1.82) is 0 Å². The minimum absolute atomic E-state index is 0.159. The zero-order chi connectivity index (χ0) is 20.6. The molecule has 0 aliphatic heterocycles. The Balaban J connectivity index is 1.77. The van der Waals surface area contributed by atoms with Crippen LogP contribution in [0.15, 0.2) is 52.2 Å². The van der Waals surface area contributed by atoms with Gasteiger partial charge in [-0.15, -0.1) is 0 Å². The lowest BCUT2D eigenvalue weighted by Gasteiger charge is -2.18. The highest BCUT2D eigenvalue weighted by Gasteiger charge is 2.22. The third-order valence-electron chi connectivity index (χ3n) is 5.14. The molecule has 4 rings (SSSR count). The summed E-state index contributed by atoms with van der Waals surface area (Å²) in [5.41, 5.74) is 3.87. The number of nitrogens with one attached hydrogen (secondary N) is 2. The topological polar surface area (TPSA) is 91.9 Å². The van der Waals surface area contributed by atoms with Crippen molar-refractivity contribution in [3.63, 3.8) is 0 Å². The van der Waals surface area contributed by atoms with Gasteiger partial charge in [-0.05, 0) is 74.1 Å². The fourth-order valence-corrected chi connectivity index (χ4v) is 5.12. The van der Waals surface area contributed by atoms with Crippen molar-refractivity contribution in [2.45, 2.75) is 37.5 Å². The molecule has 0 radical (unpaired) electrons. The number of benzene rings is 2. The number of sulfonamides is 1. The fraction of sp³-hybridized carbons (Fsp3) is 0.238. The van der Waals surface area contributed by atoms with Crippen molar-refractivity contribution in [3.8, 4) is 11.3 Å². The zero-order valence-corrected chi connectivity index (χ0v) is 17.4. The molecule has 2 N–H and O–H groups in total. The van der Waals surface area contributed by atoms with Crippen molar-refractivity contribution < 1.29 is 8.42 Å². The maximum atomic E-state index is 13.0. The number of hydrogen-bond donors (Lipinski definition) is 2. The minimum Gasteiger partial charge on any atom is -0.280 e. The van der Waals surface area contributed by atoms with Crippen molar-refractivity contribution in [1.82, 2.24) is 10.2 Å². The molecule has 3 aromatic rings. The smallest absolute Gasteiger partial charge is 0.267 e.